The number of carbonyl (C=O) groups is 1. The molecule has 1 aliphatic heterocycles. The van der Waals surface area contributed by atoms with Gasteiger partial charge in [-0.25, -0.2) is 8.42 Å². The van der Waals surface area contributed by atoms with Crippen molar-refractivity contribution >= 4 is 15.7 Å². The zero-order valence-corrected chi connectivity index (χ0v) is 17.2. The summed E-state index contributed by atoms with van der Waals surface area (Å²) < 4.78 is 29.8. The van der Waals surface area contributed by atoms with Gasteiger partial charge in [0.1, 0.15) is 5.75 Å². The highest BCUT2D eigenvalue weighted by molar-refractivity contribution is 7.91. The van der Waals surface area contributed by atoms with Crippen LogP contribution in [0.1, 0.15) is 31.4 Å². The topological polar surface area (TPSA) is 63.7 Å². The second-order valence-electron chi connectivity index (χ2n) is 7.27. The molecule has 2 aromatic rings. The Hall–Kier alpha value is -2.34. The van der Waals surface area contributed by atoms with Crippen molar-refractivity contribution in [1.82, 2.24) is 4.90 Å². The lowest BCUT2D eigenvalue weighted by molar-refractivity contribution is -0.140. The smallest absolute Gasteiger partial charge is 0.263 e. The van der Waals surface area contributed by atoms with Crippen LogP contribution in [0.5, 0.6) is 5.75 Å². The average Bonchev–Trinajstić information content (AvgIpc) is 3.06. The minimum Gasteiger partial charge on any atom is -0.481 e. The molecule has 0 N–H and O–H groups in total. The third-order valence-electron chi connectivity index (χ3n) is 5.12. The van der Waals surface area contributed by atoms with Gasteiger partial charge in [-0.05, 0) is 43.0 Å². The minimum atomic E-state index is -3.09. The molecule has 1 heterocycles. The predicted octanol–water partition coefficient (Wildman–Crippen LogP) is 3.23. The van der Waals surface area contributed by atoms with Crippen LogP contribution < -0.4 is 4.74 Å². The van der Waals surface area contributed by atoms with Crippen LogP contribution in [0.25, 0.3) is 0 Å². The third kappa shape index (κ3) is 5.13. The first-order valence-electron chi connectivity index (χ1n) is 9.68. The van der Waals surface area contributed by atoms with Gasteiger partial charge in [0.05, 0.1) is 11.5 Å². The molecule has 28 heavy (non-hydrogen) atoms. The van der Waals surface area contributed by atoms with E-state index in [4.69, 9.17) is 4.74 Å². The summed E-state index contributed by atoms with van der Waals surface area (Å²) in [5.74, 6) is 0.593. The summed E-state index contributed by atoms with van der Waals surface area (Å²) in [5, 5.41) is 0. The molecular formula is C22H27NO4S. The Morgan fingerprint density at radius 3 is 2.36 bits per heavy atom. The first-order valence-corrected chi connectivity index (χ1v) is 11.5. The van der Waals surface area contributed by atoms with E-state index in [1.54, 1.807) is 11.8 Å². The van der Waals surface area contributed by atoms with Crippen LogP contribution in [0, 0.1) is 0 Å². The fourth-order valence-electron chi connectivity index (χ4n) is 3.48. The molecule has 1 amide bonds. The van der Waals surface area contributed by atoms with Crippen LogP contribution in [-0.2, 0) is 27.6 Å². The minimum absolute atomic E-state index is 0.0174. The van der Waals surface area contributed by atoms with Crippen LogP contribution in [0.15, 0.2) is 54.6 Å². The quantitative estimate of drug-likeness (QED) is 0.715. The zero-order valence-electron chi connectivity index (χ0n) is 16.4. The summed E-state index contributed by atoms with van der Waals surface area (Å²) in [5.41, 5.74) is 2.17. The summed E-state index contributed by atoms with van der Waals surface area (Å²) >= 11 is 0. The number of benzene rings is 2. The molecule has 1 fully saturated rings. The van der Waals surface area contributed by atoms with Gasteiger partial charge in [-0.2, -0.15) is 0 Å². The maximum Gasteiger partial charge on any atom is 0.263 e. The lowest BCUT2D eigenvalue weighted by Crippen LogP contribution is -2.46. The number of carbonyl (C=O) groups excluding carboxylic acids is 1. The van der Waals surface area contributed by atoms with Crippen molar-refractivity contribution in [3.8, 4) is 5.75 Å². The van der Waals surface area contributed by atoms with Crippen molar-refractivity contribution in [1.29, 1.82) is 0 Å². The maximum absolute atomic E-state index is 13.2. The van der Waals surface area contributed by atoms with Crippen molar-refractivity contribution < 1.29 is 17.9 Å². The van der Waals surface area contributed by atoms with E-state index in [1.165, 1.54) is 5.56 Å². The van der Waals surface area contributed by atoms with Crippen molar-refractivity contribution in [2.45, 2.75) is 45.4 Å². The SMILES string of the molecule is CCc1ccc(O[C@@H](C)C(=O)N(Cc2ccccc2)[C@@H]2CCS(=O)(=O)C2)cc1. The molecule has 0 unspecified atom stereocenters. The number of rotatable bonds is 7. The van der Waals surface area contributed by atoms with Crippen LogP contribution in [-0.4, -0.2) is 42.9 Å². The molecule has 0 spiro atoms. The molecule has 0 aliphatic carbocycles. The second-order valence-corrected chi connectivity index (χ2v) is 9.49. The Balaban J connectivity index is 1.76. The molecule has 5 nitrogen and oxygen atoms in total. The van der Waals surface area contributed by atoms with Gasteiger partial charge in [-0.1, -0.05) is 49.4 Å². The molecule has 150 valence electrons. The number of hydrogen-bond acceptors (Lipinski definition) is 4. The van der Waals surface area contributed by atoms with Crippen molar-refractivity contribution in [3.63, 3.8) is 0 Å². The van der Waals surface area contributed by atoms with E-state index in [1.807, 2.05) is 54.6 Å². The molecule has 0 radical (unpaired) electrons. The van der Waals surface area contributed by atoms with Crippen molar-refractivity contribution in [3.05, 3.63) is 65.7 Å². The molecule has 1 saturated heterocycles. The van der Waals surface area contributed by atoms with E-state index in [2.05, 4.69) is 6.92 Å². The van der Waals surface area contributed by atoms with Crippen LogP contribution in [0.3, 0.4) is 0 Å². The van der Waals surface area contributed by atoms with Gasteiger partial charge in [0.15, 0.2) is 15.9 Å². The van der Waals surface area contributed by atoms with E-state index < -0.39 is 15.9 Å². The second kappa shape index (κ2) is 8.78. The summed E-state index contributed by atoms with van der Waals surface area (Å²) in [6.07, 6.45) is 0.716. The Kier molecular flexibility index (Phi) is 6.39. The standard InChI is InChI=1S/C22H27NO4S/c1-3-18-9-11-21(12-10-18)27-17(2)22(24)23(15-19-7-5-4-6-8-19)20-13-14-28(25,26)16-20/h4-12,17,20H,3,13-16H2,1-2H3/t17-,20+/m0/s1. The highest BCUT2D eigenvalue weighted by Gasteiger charge is 2.36. The van der Waals surface area contributed by atoms with Crippen molar-refractivity contribution in [2.24, 2.45) is 0 Å². The molecule has 3 rings (SSSR count). The Labute approximate surface area is 167 Å². The van der Waals surface area contributed by atoms with Gasteiger partial charge >= 0.3 is 0 Å². The number of hydrogen-bond donors (Lipinski definition) is 0. The van der Waals surface area contributed by atoms with Crippen LogP contribution in [0.4, 0.5) is 0 Å². The number of nitrogens with zero attached hydrogens (tertiary/aromatic N) is 1. The number of sulfone groups is 1. The largest absolute Gasteiger partial charge is 0.481 e. The lowest BCUT2D eigenvalue weighted by atomic mass is 10.1. The highest BCUT2D eigenvalue weighted by Crippen LogP contribution is 2.22. The summed E-state index contributed by atoms with van der Waals surface area (Å²) in [4.78, 5) is 14.9. The van der Waals surface area contributed by atoms with E-state index >= 15 is 0 Å². The molecule has 1 aliphatic rings. The van der Waals surface area contributed by atoms with Gasteiger partial charge in [0, 0.05) is 12.6 Å². The van der Waals surface area contributed by atoms with Gasteiger partial charge < -0.3 is 9.64 Å². The first kappa shape index (κ1) is 20.4. The monoisotopic (exact) mass is 401 g/mol. The fraction of sp³-hybridized carbons (Fsp3) is 0.409. The van der Waals surface area contributed by atoms with E-state index in [-0.39, 0.29) is 23.5 Å². The molecule has 0 aromatic heterocycles. The van der Waals surface area contributed by atoms with Crippen molar-refractivity contribution in [2.75, 3.05) is 11.5 Å². The predicted molar refractivity (Wildman–Crippen MR) is 110 cm³/mol. The van der Waals surface area contributed by atoms with Gasteiger partial charge in [-0.3, -0.25) is 4.79 Å². The van der Waals surface area contributed by atoms with E-state index in [0.717, 1.165) is 12.0 Å². The average molecular weight is 402 g/mol. The molecule has 2 atom stereocenters. The first-order chi connectivity index (χ1) is 13.4. The third-order valence-corrected chi connectivity index (χ3v) is 6.87. The lowest BCUT2D eigenvalue weighted by Gasteiger charge is -2.31. The molecule has 6 heteroatoms. The maximum atomic E-state index is 13.2. The molecule has 2 aromatic carbocycles. The molecule has 0 saturated carbocycles. The van der Waals surface area contributed by atoms with E-state index in [0.29, 0.717) is 18.7 Å². The Morgan fingerprint density at radius 2 is 1.79 bits per heavy atom. The van der Waals surface area contributed by atoms with Crippen LogP contribution in [0.2, 0.25) is 0 Å². The Bertz CT molecular complexity index is 894. The number of ether oxygens (including phenoxy) is 1. The Morgan fingerprint density at radius 1 is 1.11 bits per heavy atom. The summed E-state index contributed by atoms with van der Waals surface area (Å²) in [6.45, 7) is 4.18. The summed E-state index contributed by atoms with van der Waals surface area (Å²) in [7, 11) is -3.09. The van der Waals surface area contributed by atoms with Gasteiger partial charge in [0.25, 0.3) is 5.91 Å². The van der Waals surface area contributed by atoms with E-state index in [9.17, 15) is 13.2 Å². The summed E-state index contributed by atoms with van der Waals surface area (Å²) in [6, 6.07) is 17.0. The van der Waals surface area contributed by atoms with Gasteiger partial charge in [0.2, 0.25) is 0 Å². The zero-order chi connectivity index (χ0) is 20.1. The number of amides is 1. The van der Waals surface area contributed by atoms with Crippen LogP contribution >= 0.6 is 0 Å². The molecular weight excluding hydrogens is 374 g/mol. The highest BCUT2D eigenvalue weighted by atomic mass is 32.2. The normalized spacial score (nSPS) is 19.1. The van der Waals surface area contributed by atoms with Gasteiger partial charge in [-0.15, -0.1) is 0 Å². The number of aryl methyl sites for hydroxylation is 1. The fourth-order valence-corrected chi connectivity index (χ4v) is 5.21. The molecule has 0 bridgehead atoms.